The van der Waals surface area contributed by atoms with Crippen molar-refractivity contribution in [1.29, 1.82) is 0 Å². The van der Waals surface area contributed by atoms with Gasteiger partial charge in [-0.3, -0.25) is 54.0 Å². The molecular formula is C98H129F3N10O9S3. The number of Topliss-reactive ketones (excluding diaryl/α,β-unsaturated/α-hetero) is 8. The molecule has 0 aliphatic heterocycles. The maximum Gasteiger partial charge on any atom is 0.159 e. The van der Waals surface area contributed by atoms with Crippen LogP contribution in [0, 0.1) is 24.4 Å². The highest BCUT2D eigenvalue weighted by Gasteiger charge is 2.48. The van der Waals surface area contributed by atoms with Crippen LogP contribution in [0.5, 0.6) is 0 Å². The number of likely N-dealkylation sites (N-methyl/N-ethyl adjacent to an activating group) is 4. The maximum atomic E-state index is 13.6. The van der Waals surface area contributed by atoms with E-state index in [-0.39, 0.29) is 53.0 Å². The van der Waals surface area contributed by atoms with E-state index in [1.807, 2.05) is 105 Å². The molecule has 123 heavy (non-hydrogen) atoms. The lowest BCUT2D eigenvalue weighted by molar-refractivity contribution is -0.129. The van der Waals surface area contributed by atoms with Crippen LogP contribution in [0.3, 0.4) is 0 Å². The number of aliphatic hydroxyl groups excluding tert-OH is 1. The van der Waals surface area contributed by atoms with Crippen molar-refractivity contribution in [3.63, 3.8) is 0 Å². The third kappa shape index (κ3) is 23.8. The Balaban J connectivity index is 0.000000160. The first kappa shape index (κ1) is 98.6. The van der Waals surface area contributed by atoms with Crippen LogP contribution in [0.25, 0.3) is 0 Å². The largest absolute Gasteiger partial charge is 0.395 e. The molecule has 0 unspecified atom stereocenters. The third-order valence-electron chi connectivity index (χ3n) is 25.8. The molecule has 0 radical (unpaired) electrons. The fourth-order valence-electron chi connectivity index (χ4n) is 18.8. The molecule has 8 saturated carbocycles. The number of hydrogen-bond donors (Lipinski definition) is 9. The Hall–Kier alpha value is -8.15. The van der Waals surface area contributed by atoms with Gasteiger partial charge in [-0.2, -0.15) is 0 Å². The van der Waals surface area contributed by atoms with Crippen molar-refractivity contribution in [3.05, 3.63) is 234 Å². The lowest BCUT2D eigenvalue weighted by Crippen LogP contribution is -2.53. The molecule has 0 spiro atoms. The van der Waals surface area contributed by atoms with Gasteiger partial charge >= 0.3 is 0 Å². The van der Waals surface area contributed by atoms with Crippen LogP contribution >= 0.6 is 34.0 Å². The molecule has 3 heterocycles. The number of rotatable bonds is 17. The van der Waals surface area contributed by atoms with Crippen molar-refractivity contribution in [1.82, 2.24) is 41.9 Å². The lowest BCUT2D eigenvalue weighted by atomic mass is 9.75. The number of thiazole rings is 2. The van der Waals surface area contributed by atoms with Crippen molar-refractivity contribution < 1.29 is 56.6 Å². The Morgan fingerprint density at radius 2 is 0.797 bits per heavy atom. The molecule has 19 nitrogen and oxygen atoms in total. The van der Waals surface area contributed by atoms with Crippen molar-refractivity contribution in [2.45, 2.75) is 277 Å². The Morgan fingerprint density at radius 3 is 1.20 bits per heavy atom. The lowest BCUT2D eigenvalue weighted by Gasteiger charge is -2.38. The number of nitrogens with two attached hydrogens (primary N) is 2. The summed E-state index contributed by atoms with van der Waals surface area (Å²) in [6.07, 6.45) is 31.4. The van der Waals surface area contributed by atoms with Crippen molar-refractivity contribution in [2.75, 3.05) is 41.3 Å². The van der Waals surface area contributed by atoms with Gasteiger partial charge in [-0.25, -0.2) is 18.2 Å². The van der Waals surface area contributed by atoms with Gasteiger partial charge in [0.1, 0.15) is 66.8 Å². The molecule has 0 bridgehead atoms. The summed E-state index contributed by atoms with van der Waals surface area (Å²) >= 11 is 4.45. The average molecular weight is 1740 g/mol. The number of thiophene rings is 1. The number of aromatic nitrogens is 2. The predicted octanol–water partition coefficient (Wildman–Crippen LogP) is 17.3. The molecule has 8 aliphatic carbocycles. The zero-order chi connectivity index (χ0) is 88.7. The molecule has 8 atom stereocenters. The van der Waals surface area contributed by atoms with Gasteiger partial charge in [-0.05, 0) is 221 Å². The molecule has 8 aromatic rings. The Morgan fingerprint density at radius 1 is 0.407 bits per heavy atom. The normalized spacial score (nSPS) is 26.4. The summed E-state index contributed by atoms with van der Waals surface area (Å²) in [6.45, 7) is 6.74. The Bertz CT molecular complexity index is 4630. The third-order valence-corrected chi connectivity index (χ3v) is 28.7. The van der Waals surface area contributed by atoms with Crippen molar-refractivity contribution in [2.24, 2.45) is 11.5 Å². The van der Waals surface area contributed by atoms with Gasteiger partial charge < -0.3 is 37.8 Å². The number of carbonyl (C=O) groups excluding carboxylic acids is 8. The number of ketones is 8. The molecule has 16 rings (SSSR count). The number of nitrogens with one attached hydrogen (secondary N) is 6. The van der Waals surface area contributed by atoms with Crippen LogP contribution in [-0.4, -0.2) is 109 Å². The number of benzene rings is 5. The summed E-state index contributed by atoms with van der Waals surface area (Å²) in [4.78, 5) is 106. The molecule has 0 saturated heterocycles. The van der Waals surface area contributed by atoms with Crippen LogP contribution in [0.1, 0.15) is 267 Å². The average Bonchev–Trinajstić information content (AvgIpc) is 1.45. The second-order valence-corrected chi connectivity index (χ2v) is 36.4. The molecule has 5 aromatic carbocycles. The second-order valence-electron chi connectivity index (χ2n) is 33.7. The van der Waals surface area contributed by atoms with E-state index in [2.05, 4.69) is 67.8 Å². The molecule has 11 N–H and O–H groups in total. The summed E-state index contributed by atoms with van der Waals surface area (Å²) in [7, 11) is 7.25. The topological polar surface area (TPSA) is 307 Å². The second kappa shape index (κ2) is 46.9. The Labute approximate surface area is 737 Å². The number of aryl methyl sites for hydroxylation is 1. The number of carbonyl (C=O) groups is 8. The minimum absolute atomic E-state index is 0.0574. The van der Waals surface area contributed by atoms with Crippen molar-refractivity contribution in [3.8, 4) is 0 Å². The highest BCUT2D eigenvalue weighted by atomic mass is 32.1. The van der Waals surface area contributed by atoms with E-state index < -0.39 is 44.3 Å². The molecule has 664 valence electrons. The molecule has 25 heteroatoms. The van der Waals surface area contributed by atoms with Gasteiger partial charge in [0, 0.05) is 81.7 Å². The standard InChI is InChI=1S/C15H21NO.C14H19NO2.C13H16FNO.C13H17NO.C12H14FNO.C11H14FNOS.2C10H14N2OS/c1-12(2)16-15(11-7-6-10-14(15)17)13-8-4-3-5-9-13;16-11-10-15-14(9-5-4-8-13(14)17)12-6-2-1-3-7-12;1-15-13(9-3-2-4-12(13)16)10-5-7-11(14)8-6-10;1-10-6-2-3-7-11(10)13(14)9-5-4-8-12(13)15;13-10-6-4-9(5-7-10)12(14)8-2-1-3-11(12)15;1-13-11(6-3-2-4-9(11)14)10-8(12)5-7-15-10;1-11-10(9-6-12-7-14-9)5-3-2-4-8(10)13;1-11-10(9-12-6-7-14-9)5-3-2-4-8(10)13/h3-5,8-9,12,16H,6-7,10-11H2,1-2H3;1-3,6-7,15-16H,4-5,8-11H2;5-8,15H,2-4,9H2,1H3;2-3,6-7H,4-5,8-9,14H2,1H3;4-7H,1-3,8,14H2;5,7,13H,2-4,6H2,1H3;2*6-7,11H,2-5H2,1H3/t15-;14-;2*13-;12-;11-;2*10-/m00000111/s1. The van der Waals surface area contributed by atoms with Crippen LogP contribution in [0.2, 0.25) is 0 Å². The van der Waals surface area contributed by atoms with E-state index >= 15 is 0 Å². The highest BCUT2D eigenvalue weighted by Crippen LogP contribution is 2.43. The fraction of sp³-hybridized carbons (Fsp3) is 0.510. The van der Waals surface area contributed by atoms with E-state index in [1.165, 1.54) is 41.7 Å². The smallest absolute Gasteiger partial charge is 0.159 e. The number of hydrogen-bond acceptors (Lipinski definition) is 22. The number of aliphatic hydroxyl groups is 1. The number of nitrogens with zero attached hydrogens (tertiary/aromatic N) is 2. The van der Waals surface area contributed by atoms with E-state index in [0.717, 1.165) is 185 Å². The van der Waals surface area contributed by atoms with E-state index in [4.69, 9.17) is 16.6 Å². The first-order chi connectivity index (χ1) is 59.2. The van der Waals surface area contributed by atoms with E-state index in [9.17, 15) is 51.5 Å². The van der Waals surface area contributed by atoms with Gasteiger partial charge in [-0.1, -0.05) is 161 Å². The zero-order valence-electron chi connectivity index (χ0n) is 72.9. The minimum atomic E-state index is -0.883. The minimum Gasteiger partial charge on any atom is -0.395 e. The van der Waals surface area contributed by atoms with E-state index in [1.54, 1.807) is 78.1 Å². The SMILES string of the molecule is CC(C)N[C@]1(c2ccccc2)CCCCC1=O.CN[C@]1(c2ccc(F)cc2)CCCCC1=O.CN[C@]1(c2cncs2)CCCCC1=O.CN[C@]1(c2nccs2)CCCCC1=O.CN[C@]1(c2sccc2F)CCCCC1=O.Cc1ccccc1[C@@]1(N)CCCCC1=O.N[C@]1(c2ccc(F)cc2)CCCCC1=O.O=C1CCCC[C@]1(NCCO)c1ccccc1. The summed E-state index contributed by atoms with van der Waals surface area (Å²) in [5, 5.41) is 32.8. The summed E-state index contributed by atoms with van der Waals surface area (Å²) in [5.74, 6) is 0.992. The monoisotopic (exact) mass is 1740 g/mol. The zero-order valence-corrected chi connectivity index (χ0v) is 75.4. The van der Waals surface area contributed by atoms with Crippen LogP contribution in [-0.2, 0) is 82.7 Å². The molecular weight excluding hydrogens is 1610 g/mol. The number of halogens is 3. The van der Waals surface area contributed by atoms with Gasteiger partial charge in [-0.15, -0.1) is 34.0 Å². The first-order valence-electron chi connectivity index (χ1n) is 44.2. The van der Waals surface area contributed by atoms with Gasteiger partial charge in [0.25, 0.3) is 0 Å². The van der Waals surface area contributed by atoms with Crippen molar-refractivity contribution >= 4 is 80.3 Å². The first-order valence-corrected chi connectivity index (χ1v) is 46.8. The Kier molecular flexibility index (Phi) is 37.6. The summed E-state index contributed by atoms with van der Waals surface area (Å²) in [5.41, 5.74) is 15.2. The van der Waals surface area contributed by atoms with Gasteiger partial charge in [0.05, 0.1) is 21.9 Å². The molecule has 0 amide bonds. The molecule has 8 aliphatic rings. The van der Waals surface area contributed by atoms with Crippen LogP contribution in [0.4, 0.5) is 13.2 Å². The molecule has 3 aromatic heterocycles. The van der Waals surface area contributed by atoms with Gasteiger partial charge in [0.15, 0.2) is 46.3 Å². The quantitative estimate of drug-likeness (QED) is 0.0409. The fourth-order valence-corrected chi connectivity index (χ4v) is 21.6. The highest BCUT2D eigenvalue weighted by molar-refractivity contribution is 7.10. The summed E-state index contributed by atoms with van der Waals surface area (Å²) in [6, 6.07) is 41.9. The summed E-state index contributed by atoms with van der Waals surface area (Å²) < 4.78 is 39.2. The van der Waals surface area contributed by atoms with Crippen LogP contribution in [0.15, 0.2) is 168 Å². The van der Waals surface area contributed by atoms with E-state index in [0.29, 0.717) is 99.0 Å². The van der Waals surface area contributed by atoms with Crippen LogP contribution < -0.4 is 43.4 Å². The van der Waals surface area contributed by atoms with Gasteiger partial charge in [0.2, 0.25) is 0 Å². The molecule has 8 fully saturated rings. The predicted molar refractivity (Wildman–Crippen MR) is 485 cm³/mol. The maximum absolute atomic E-state index is 13.6.